The van der Waals surface area contributed by atoms with Crippen molar-refractivity contribution in [3.8, 4) is 17.4 Å². The number of H-pyrrole nitrogens is 1. The van der Waals surface area contributed by atoms with Crippen molar-refractivity contribution in [3.63, 3.8) is 0 Å². The van der Waals surface area contributed by atoms with Gasteiger partial charge in [0.15, 0.2) is 5.65 Å². The van der Waals surface area contributed by atoms with Gasteiger partial charge in [-0.15, -0.1) is 0 Å². The number of aliphatic carboxylic acids is 1. The van der Waals surface area contributed by atoms with Gasteiger partial charge in [-0.25, -0.2) is 9.97 Å². The van der Waals surface area contributed by atoms with Crippen molar-refractivity contribution in [1.29, 1.82) is 0 Å². The number of aromatic nitrogens is 4. The van der Waals surface area contributed by atoms with Crippen LogP contribution in [0.15, 0.2) is 30.9 Å². The van der Waals surface area contributed by atoms with Crippen molar-refractivity contribution in [2.24, 2.45) is 5.92 Å². The van der Waals surface area contributed by atoms with Crippen LogP contribution in [0.25, 0.3) is 11.2 Å². The number of aromatic amines is 1. The first kappa shape index (κ1) is 12.4. The Morgan fingerprint density at radius 1 is 1.30 bits per heavy atom. The monoisotopic (exact) mass is 310 g/mol. The molecule has 8 nitrogen and oxygen atoms in total. The fourth-order valence-corrected chi connectivity index (χ4v) is 3.13. The largest absolute Gasteiger partial charge is 0.489 e. The van der Waals surface area contributed by atoms with Crippen molar-refractivity contribution < 1.29 is 19.4 Å². The molecule has 2 N–H and O–H groups in total. The smallest absolute Gasteiger partial charge is 0.311 e. The lowest BCUT2D eigenvalue weighted by atomic mass is 10.1. The molecule has 23 heavy (non-hydrogen) atoms. The molecule has 3 aromatic rings. The molecule has 1 aliphatic carbocycles. The Morgan fingerprint density at radius 2 is 2.22 bits per heavy atom. The van der Waals surface area contributed by atoms with E-state index in [1.807, 2.05) is 6.07 Å². The molecule has 3 heterocycles. The maximum atomic E-state index is 11.1. The van der Waals surface area contributed by atoms with Gasteiger partial charge in [0.05, 0.1) is 6.33 Å². The minimum absolute atomic E-state index is 0.0939. The Balaban J connectivity index is 1.49. The second-order valence-corrected chi connectivity index (χ2v) is 5.55. The highest BCUT2D eigenvalue weighted by atomic mass is 16.5. The van der Waals surface area contributed by atoms with E-state index in [4.69, 9.17) is 14.6 Å². The lowest BCUT2D eigenvalue weighted by molar-refractivity contribution is -0.139. The van der Waals surface area contributed by atoms with Gasteiger partial charge in [-0.3, -0.25) is 4.79 Å². The van der Waals surface area contributed by atoms with Gasteiger partial charge in [-0.05, 0) is 18.2 Å². The van der Waals surface area contributed by atoms with Crippen molar-refractivity contribution >= 4 is 17.1 Å². The second-order valence-electron chi connectivity index (χ2n) is 5.55. The number of rotatable bonds is 3. The van der Waals surface area contributed by atoms with E-state index in [9.17, 15) is 4.79 Å². The van der Waals surface area contributed by atoms with Gasteiger partial charge in [0.1, 0.15) is 35.4 Å². The molecule has 1 saturated carbocycles. The molecule has 114 valence electrons. The second kappa shape index (κ2) is 4.19. The average molecular weight is 310 g/mol. The van der Waals surface area contributed by atoms with Crippen molar-refractivity contribution in [2.75, 3.05) is 0 Å². The summed E-state index contributed by atoms with van der Waals surface area (Å²) in [5.74, 6) is 0.276. The standard InChI is InChI=1S/C15H10N4O4/c20-15(21)10-9-7-3-6(1-2-8(7)23-12(9)10)22-14-11-13(17-4-16-11)18-5-19-14/h1-5,9-10,12H,(H,20,21)(H,16,17,18,19). The lowest BCUT2D eigenvalue weighted by Crippen LogP contribution is -2.08. The Hall–Kier alpha value is -3.16. The molecule has 3 unspecified atom stereocenters. The predicted molar refractivity (Wildman–Crippen MR) is 76.5 cm³/mol. The highest BCUT2D eigenvalue weighted by Gasteiger charge is 2.63. The van der Waals surface area contributed by atoms with E-state index in [1.165, 1.54) is 12.7 Å². The molecule has 5 rings (SSSR count). The van der Waals surface area contributed by atoms with Crippen LogP contribution >= 0.6 is 0 Å². The number of hydrogen-bond donors (Lipinski definition) is 2. The number of carboxylic acids is 1. The molecule has 0 saturated heterocycles. The molecule has 8 heteroatoms. The molecule has 0 radical (unpaired) electrons. The summed E-state index contributed by atoms with van der Waals surface area (Å²) < 4.78 is 11.5. The molecule has 1 aromatic carbocycles. The summed E-state index contributed by atoms with van der Waals surface area (Å²) in [5.41, 5.74) is 2.00. The van der Waals surface area contributed by atoms with E-state index >= 15 is 0 Å². The van der Waals surface area contributed by atoms with Gasteiger partial charge < -0.3 is 19.6 Å². The van der Waals surface area contributed by atoms with Crippen molar-refractivity contribution in [3.05, 3.63) is 36.4 Å². The van der Waals surface area contributed by atoms with E-state index in [-0.39, 0.29) is 12.0 Å². The van der Waals surface area contributed by atoms with Crippen LogP contribution in [0.3, 0.4) is 0 Å². The van der Waals surface area contributed by atoms with Crippen molar-refractivity contribution in [1.82, 2.24) is 19.9 Å². The molecule has 1 fully saturated rings. The minimum atomic E-state index is -0.827. The summed E-state index contributed by atoms with van der Waals surface area (Å²) in [6.45, 7) is 0. The number of carbonyl (C=O) groups is 1. The predicted octanol–water partition coefficient (Wildman–Crippen LogP) is 1.70. The summed E-state index contributed by atoms with van der Waals surface area (Å²) >= 11 is 0. The van der Waals surface area contributed by atoms with Gasteiger partial charge in [-0.2, -0.15) is 4.98 Å². The van der Waals surface area contributed by atoms with Crippen molar-refractivity contribution in [2.45, 2.75) is 12.0 Å². The number of imidazole rings is 1. The fourth-order valence-electron chi connectivity index (χ4n) is 3.13. The fraction of sp³-hybridized carbons (Fsp3) is 0.200. The molecule has 3 atom stereocenters. The Kier molecular flexibility index (Phi) is 2.26. The summed E-state index contributed by atoms with van der Waals surface area (Å²) in [7, 11) is 0. The van der Waals surface area contributed by atoms with E-state index in [0.717, 1.165) is 11.3 Å². The number of nitrogens with one attached hydrogen (secondary N) is 1. The van der Waals surface area contributed by atoms with E-state index < -0.39 is 11.9 Å². The third kappa shape index (κ3) is 1.71. The highest BCUT2D eigenvalue weighted by Crippen LogP contribution is 2.59. The van der Waals surface area contributed by atoms with E-state index in [0.29, 0.717) is 22.8 Å². The van der Waals surface area contributed by atoms with Gasteiger partial charge in [0, 0.05) is 11.5 Å². The Morgan fingerprint density at radius 3 is 3.09 bits per heavy atom. The molecule has 2 aliphatic rings. The molecular formula is C15H10N4O4. The number of carboxylic acid groups (broad SMARTS) is 1. The molecular weight excluding hydrogens is 300 g/mol. The SMILES string of the molecule is O=C(O)C1C2Oc3ccc(Oc4ncnc5nc[nH]c45)cc3C21. The highest BCUT2D eigenvalue weighted by molar-refractivity contribution is 5.79. The average Bonchev–Trinajstić information content (AvgIpc) is 2.90. The Labute approximate surface area is 129 Å². The zero-order chi connectivity index (χ0) is 15.6. The zero-order valence-electron chi connectivity index (χ0n) is 11.6. The number of ether oxygens (including phenoxy) is 2. The van der Waals surface area contributed by atoms with Gasteiger partial charge in [-0.1, -0.05) is 0 Å². The van der Waals surface area contributed by atoms with Crippen LogP contribution in [-0.2, 0) is 4.79 Å². The number of nitrogens with zero attached hydrogens (tertiary/aromatic N) is 3. The number of fused-ring (bicyclic) bond motifs is 4. The van der Waals surface area contributed by atoms with Crippen LogP contribution < -0.4 is 9.47 Å². The lowest BCUT2D eigenvalue weighted by Gasteiger charge is -2.09. The number of hydrogen-bond acceptors (Lipinski definition) is 6. The van der Waals surface area contributed by atoms with E-state index in [1.54, 1.807) is 12.1 Å². The van der Waals surface area contributed by atoms with Gasteiger partial charge >= 0.3 is 5.97 Å². The van der Waals surface area contributed by atoms with Crippen LogP contribution in [0, 0.1) is 5.92 Å². The normalized spacial score (nSPS) is 23.9. The quantitative estimate of drug-likeness (QED) is 0.757. The molecule has 0 bridgehead atoms. The summed E-state index contributed by atoms with van der Waals surface area (Å²) in [6, 6.07) is 5.37. The zero-order valence-corrected chi connectivity index (χ0v) is 11.6. The van der Waals surface area contributed by atoms with Crippen LogP contribution in [-0.4, -0.2) is 37.1 Å². The van der Waals surface area contributed by atoms with Crippen LogP contribution in [0.5, 0.6) is 17.4 Å². The Bertz CT molecular complexity index is 954. The molecule has 0 spiro atoms. The molecule has 0 amide bonds. The van der Waals surface area contributed by atoms with Crippen LogP contribution in [0.2, 0.25) is 0 Å². The van der Waals surface area contributed by atoms with Gasteiger partial charge in [0.25, 0.3) is 0 Å². The summed E-state index contributed by atoms with van der Waals surface area (Å²) in [5, 5.41) is 9.14. The molecule has 2 aromatic heterocycles. The first-order valence-electron chi connectivity index (χ1n) is 7.08. The topological polar surface area (TPSA) is 110 Å². The van der Waals surface area contributed by atoms with Crippen LogP contribution in [0.4, 0.5) is 0 Å². The minimum Gasteiger partial charge on any atom is -0.489 e. The van der Waals surface area contributed by atoms with E-state index in [2.05, 4.69) is 19.9 Å². The maximum absolute atomic E-state index is 11.1. The summed E-state index contributed by atoms with van der Waals surface area (Å²) in [4.78, 5) is 26.3. The van der Waals surface area contributed by atoms with Crippen LogP contribution in [0.1, 0.15) is 11.5 Å². The van der Waals surface area contributed by atoms with Gasteiger partial charge in [0.2, 0.25) is 5.88 Å². The third-order valence-electron chi connectivity index (χ3n) is 4.25. The first-order valence-corrected chi connectivity index (χ1v) is 7.08. The number of benzene rings is 1. The maximum Gasteiger partial charge on any atom is 0.311 e. The third-order valence-corrected chi connectivity index (χ3v) is 4.25. The molecule has 1 aliphatic heterocycles. The summed E-state index contributed by atoms with van der Waals surface area (Å²) in [6.07, 6.45) is 2.65. The first-order chi connectivity index (χ1) is 11.2.